The standard InChI is InChI=1S/C13H20Cl2N2/c1-11(10-13(15)12(2)14)4-5-17-8-6-16(3)7-9-17/h10H,1-2,4-9H2,3H3/b13-10+. The number of piperazine rings is 1. The van der Waals surface area contributed by atoms with Gasteiger partial charge in [-0.1, -0.05) is 41.9 Å². The third kappa shape index (κ3) is 5.73. The molecule has 0 radical (unpaired) electrons. The molecule has 1 aliphatic rings. The topological polar surface area (TPSA) is 6.48 Å². The fourth-order valence-electron chi connectivity index (χ4n) is 1.70. The molecule has 1 fully saturated rings. The first-order valence-corrected chi connectivity index (χ1v) is 6.55. The Bertz CT molecular complexity index is 315. The average molecular weight is 275 g/mol. The number of nitrogens with zero attached hydrogens (tertiary/aromatic N) is 2. The van der Waals surface area contributed by atoms with Crippen LogP contribution in [0.3, 0.4) is 0 Å². The Morgan fingerprint density at radius 2 is 1.76 bits per heavy atom. The van der Waals surface area contributed by atoms with E-state index in [0.717, 1.165) is 44.7 Å². The Hall–Kier alpha value is -0.280. The normalized spacial score (nSPS) is 19.4. The van der Waals surface area contributed by atoms with Crippen molar-refractivity contribution in [3.63, 3.8) is 0 Å². The second-order valence-electron chi connectivity index (χ2n) is 4.45. The van der Waals surface area contributed by atoms with Crippen LogP contribution in [0, 0.1) is 0 Å². The lowest BCUT2D eigenvalue weighted by Gasteiger charge is -2.32. The van der Waals surface area contributed by atoms with E-state index in [4.69, 9.17) is 23.2 Å². The van der Waals surface area contributed by atoms with Gasteiger partial charge in [-0.25, -0.2) is 0 Å². The van der Waals surface area contributed by atoms with Crippen molar-refractivity contribution in [2.75, 3.05) is 39.8 Å². The Morgan fingerprint density at radius 3 is 2.29 bits per heavy atom. The van der Waals surface area contributed by atoms with E-state index in [-0.39, 0.29) is 0 Å². The van der Waals surface area contributed by atoms with Crippen molar-refractivity contribution < 1.29 is 0 Å². The Balaban J connectivity index is 2.29. The molecule has 0 saturated carbocycles. The van der Waals surface area contributed by atoms with Gasteiger partial charge >= 0.3 is 0 Å². The van der Waals surface area contributed by atoms with Crippen LogP contribution in [0.2, 0.25) is 0 Å². The SMILES string of the molecule is C=C(/C=C(/Cl)C(=C)Cl)CCN1CCN(C)CC1. The second kappa shape index (κ2) is 7.22. The number of rotatable bonds is 5. The van der Waals surface area contributed by atoms with Crippen molar-refractivity contribution in [3.05, 3.63) is 34.9 Å². The zero-order valence-corrected chi connectivity index (χ0v) is 11.9. The summed E-state index contributed by atoms with van der Waals surface area (Å²) in [6.07, 6.45) is 2.72. The molecule has 0 aliphatic carbocycles. The zero-order valence-electron chi connectivity index (χ0n) is 10.4. The van der Waals surface area contributed by atoms with Crippen molar-refractivity contribution in [1.82, 2.24) is 9.80 Å². The van der Waals surface area contributed by atoms with Gasteiger partial charge in [0.15, 0.2) is 0 Å². The van der Waals surface area contributed by atoms with Gasteiger partial charge < -0.3 is 9.80 Å². The molecule has 0 aromatic carbocycles. The summed E-state index contributed by atoms with van der Waals surface area (Å²) >= 11 is 11.6. The molecule has 1 saturated heterocycles. The summed E-state index contributed by atoms with van der Waals surface area (Å²) in [6, 6.07) is 0. The summed E-state index contributed by atoms with van der Waals surface area (Å²) < 4.78 is 0. The third-order valence-electron chi connectivity index (χ3n) is 2.94. The van der Waals surface area contributed by atoms with Crippen LogP contribution in [0.1, 0.15) is 6.42 Å². The second-order valence-corrected chi connectivity index (χ2v) is 5.31. The van der Waals surface area contributed by atoms with Crippen LogP contribution in [0.5, 0.6) is 0 Å². The number of hydrogen-bond donors (Lipinski definition) is 0. The van der Waals surface area contributed by atoms with Crippen LogP contribution < -0.4 is 0 Å². The molecule has 0 N–H and O–H groups in total. The lowest BCUT2D eigenvalue weighted by atomic mass is 10.2. The highest BCUT2D eigenvalue weighted by atomic mass is 35.5. The average Bonchev–Trinajstić information content (AvgIpc) is 2.28. The van der Waals surface area contributed by atoms with E-state index in [0.29, 0.717) is 10.1 Å². The van der Waals surface area contributed by atoms with Crippen molar-refractivity contribution >= 4 is 23.2 Å². The summed E-state index contributed by atoms with van der Waals surface area (Å²) in [6.45, 7) is 13.1. The maximum Gasteiger partial charge on any atom is 0.0588 e. The highest BCUT2D eigenvalue weighted by Gasteiger charge is 2.13. The fourth-order valence-corrected chi connectivity index (χ4v) is 1.91. The Morgan fingerprint density at radius 1 is 1.18 bits per heavy atom. The summed E-state index contributed by atoms with van der Waals surface area (Å²) in [4.78, 5) is 4.79. The van der Waals surface area contributed by atoms with Gasteiger partial charge in [-0.05, 0) is 19.5 Å². The predicted octanol–water partition coefficient (Wildman–Crippen LogP) is 3.06. The van der Waals surface area contributed by atoms with Gasteiger partial charge in [0.1, 0.15) is 0 Å². The van der Waals surface area contributed by atoms with Gasteiger partial charge in [-0.3, -0.25) is 0 Å². The molecule has 1 rings (SSSR count). The highest BCUT2D eigenvalue weighted by Crippen LogP contribution is 2.19. The van der Waals surface area contributed by atoms with Crippen LogP contribution >= 0.6 is 23.2 Å². The molecular formula is C13H20Cl2N2. The monoisotopic (exact) mass is 274 g/mol. The minimum atomic E-state index is 0.368. The van der Waals surface area contributed by atoms with Gasteiger partial charge in [-0.15, -0.1) is 0 Å². The Labute approximate surface area is 114 Å². The first-order chi connectivity index (χ1) is 7.99. The molecule has 1 aliphatic heterocycles. The molecule has 0 atom stereocenters. The quantitative estimate of drug-likeness (QED) is 0.711. The van der Waals surface area contributed by atoms with E-state index in [9.17, 15) is 0 Å². The highest BCUT2D eigenvalue weighted by molar-refractivity contribution is 6.43. The van der Waals surface area contributed by atoms with Crippen molar-refractivity contribution in [2.24, 2.45) is 0 Å². The minimum Gasteiger partial charge on any atom is -0.304 e. The number of hydrogen-bond acceptors (Lipinski definition) is 2. The minimum absolute atomic E-state index is 0.368. The van der Waals surface area contributed by atoms with E-state index in [2.05, 4.69) is 30.0 Å². The number of likely N-dealkylation sites (N-methyl/N-ethyl adjacent to an activating group) is 1. The number of allylic oxidation sites excluding steroid dienone is 3. The molecule has 0 aromatic rings. The zero-order chi connectivity index (χ0) is 12.8. The van der Waals surface area contributed by atoms with Crippen LogP contribution in [0.4, 0.5) is 0 Å². The molecule has 0 bridgehead atoms. The summed E-state index contributed by atoms with van der Waals surface area (Å²) in [5.74, 6) is 0. The van der Waals surface area contributed by atoms with Crippen LogP contribution in [0.15, 0.2) is 34.9 Å². The molecular weight excluding hydrogens is 255 g/mol. The maximum absolute atomic E-state index is 5.90. The lowest BCUT2D eigenvalue weighted by Crippen LogP contribution is -2.44. The molecule has 0 spiro atoms. The smallest absolute Gasteiger partial charge is 0.0588 e. The molecule has 96 valence electrons. The molecule has 17 heavy (non-hydrogen) atoms. The Kier molecular flexibility index (Phi) is 6.28. The maximum atomic E-state index is 5.90. The van der Waals surface area contributed by atoms with E-state index < -0.39 is 0 Å². The van der Waals surface area contributed by atoms with Crippen molar-refractivity contribution in [3.8, 4) is 0 Å². The van der Waals surface area contributed by atoms with Gasteiger partial charge in [0.25, 0.3) is 0 Å². The predicted molar refractivity (Wildman–Crippen MR) is 76.6 cm³/mol. The molecule has 1 heterocycles. The molecule has 0 unspecified atom stereocenters. The number of halogens is 2. The van der Waals surface area contributed by atoms with Gasteiger partial charge in [-0.2, -0.15) is 0 Å². The molecule has 2 nitrogen and oxygen atoms in total. The summed E-state index contributed by atoms with van der Waals surface area (Å²) in [7, 11) is 2.16. The third-order valence-corrected chi connectivity index (χ3v) is 3.57. The van der Waals surface area contributed by atoms with Crippen LogP contribution in [-0.2, 0) is 0 Å². The fraction of sp³-hybridized carbons (Fsp3) is 0.538. The molecule has 0 amide bonds. The molecule has 4 heteroatoms. The van der Waals surface area contributed by atoms with E-state index >= 15 is 0 Å². The first-order valence-electron chi connectivity index (χ1n) is 5.79. The lowest BCUT2D eigenvalue weighted by molar-refractivity contribution is 0.156. The van der Waals surface area contributed by atoms with E-state index in [1.165, 1.54) is 0 Å². The van der Waals surface area contributed by atoms with Crippen LogP contribution in [-0.4, -0.2) is 49.6 Å². The van der Waals surface area contributed by atoms with Gasteiger partial charge in [0, 0.05) is 32.7 Å². The van der Waals surface area contributed by atoms with E-state index in [1.807, 2.05) is 0 Å². The molecule has 0 aromatic heterocycles. The van der Waals surface area contributed by atoms with Gasteiger partial charge in [0.2, 0.25) is 0 Å². The summed E-state index contributed by atoms with van der Waals surface area (Å²) in [5, 5.41) is 0.849. The van der Waals surface area contributed by atoms with E-state index in [1.54, 1.807) is 6.08 Å². The van der Waals surface area contributed by atoms with Crippen molar-refractivity contribution in [2.45, 2.75) is 6.42 Å². The first kappa shape index (κ1) is 14.8. The summed E-state index contributed by atoms with van der Waals surface area (Å²) in [5.41, 5.74) is 0.996. The van der Waals surface area contributed by atoms with Gasteiger partial charge in [0.05, 0.1) is 10.1 Å². The van der Waals surface area contributed by atoms with Crippen molar-refractivity contribution in [1.29, 1.82) is 0 Å². The largest absolute Gasteiger partial charge is 0.304 e. The van der Waals surface area contributed by atoms with Crippen LogP contribution in [0.25, 0.3) is 0 Å².